The van der Waals surface area contributed by atoms with E-state index in [0.717, 1.165) is 11.3 Å². The van der Waals surface area contributed by atoms with Crippen molar-refractivity contribution in [2.45, 2.75) is 6.54 Å². The predicted octanol–water partition coefficient (Wildman–Crippen LogP) is -0.0108. The van der Waals surface area contributed by atoms with Crippen molar-refractivity contribution < 1.29 is 14.3 Å². The van der Waals surface area contributed by atoms with Gasteiger partial charge in [0.15, 0.2) is 0 Å². The van der Waals surface area contributed by atoms with Crippen molar-refractivity contribution >= 4 is 11.8 Å². The Balaban J connectivity index is 2.36. The summed E-state index contributed by atoms with van der Waals surface area (Å²) in [5.74, 6) is 0.417. The van der Waals surface area contributed by atoms with E-state index in [2.05, 4.69) is 10.6 Å². The lowest BCUT2D eigenvalue weighted by Crippen LogP contribution is -2.40. The highest BCUT2D eigenvalue weighted by Gasteiger charge is 2.08. The number of carbonyl (C=O) groups is 2. The summed E-state index contributed by atoms with van der Waals surface area (Å²) in [7, 11) is 5.01. The molecule has 20 heavy (non-hydrogen) atoms. The van der Waals surface area contributed by atoms with Crippen LogP contribution in [0.2, 0.25) is 0 Å². The highest BCUT2D eigenvalue weighted by molar-refractivity contribution is 5.85. The molecular formula is C14H21N3O3. The smallest absolute Gasteiger partial charge is 0.239 e. The highest BCUT2D eigenvalue weighted by atomic mass is 16.5. The van der Waals surface area contributed by atoms with Crippen LogP contribution >= 0.6 is 0 Å². The van der Waals surface area contributed by atoms with Gasteiger partial charge in [-0.2, -0.15) is 0 Å². The van der Waals surface area contributed by atoms with Gasteiger partial charge in [-0.3, -0.25) is 14.5 Å². The van der Waals surface area contributed by atoms with Gasteiger partial charge in [0.05, 0.1) is 20.2 Å². The van der Waals surface area contributed by atoms with Gasteiger partial charge in [0.25, 0.3) is 0 Å². The minimum absolute atomic E-state index is 0.00566. The van der Waals surface area contributed by atoms with Crippen molar-refractivity contribution in [1.29, 1.82) is 0 Å². The molecule has 0 heterocycles. The van der Waals surface area contributed by atoms with E-state index >= 15 is 0 Å². The summed E-state index contributed by atoms with van der Waals surface area (Å²) < 4.78 is 5.09. The van der Waals surface area contributed by atoms with Crippen molar-refractivity contribution in [1.82, 2.24) is 15.5 Å². The van der Waals surface area contributed by atoms with Gasteiger partial charge in [-0.1, -0.05) is 12.1 Å². The van der Waals surface area contributed by atoms with E-state index in [1.165, 1.54) is 7.05 Å². The number of ether oxygens (including phenoxy) is 1. The van der Waals surface area contributed by atoms with Gasteiger partial charge in [-0.05, 0) is 24.7 Å². The monoisotopic (exact) mass is 279 g/mol. The third-order valence-corrected chi connectivity index (χ3v) is 2.75. The van der Waals surface area contributed by atoms with Crippen LogP contribution < -0.4 is 15.4 Å². The third-order valence-electron chi connectivity index (χ3n) is 2.75. The van der Waals surface area contributed by atoms with Crippen LogP contribution in [0.5, 0.6) is 5.75 Å². The van der Waals surface area contributed by atoms with Crippen LogP contribution in [0.1, 0.15) is 5.56 Å². The summed E-state index contributed by atoms with van der Waals surface area (Å²) in [6.07, 6.45) is 0. The standard InChI is InChI=1S/C14H21N3O3/c1-15-13(18)8-16-14(19)10-17(2)9-11-4-6-12(20-3)7-5-11/h4-7H,8-10H2,1-3H3,(H,15,18)(H,16,19). The second-order valence-electron chi connectivity index (χ2n) is 4.47. The Kier molecular flexibility index (Phi) is 6.52. The molecular weight excluding hydrogens is 258 g/mol. The predicted molar refractivity (Wildman–Crippen MR) is 76.4 cm³/mol. The Morgan fingerprint density at radius 3 is 2.40 bits per heavy atom. The topological polar surface area (TPSA) is 70.7 Å². The van der Waals surface area contributed by atoms with Crippen molar-refractivity contribution in [2.24, 2.45) is 0 Å². The zero-order valence-electron chi connectivity index (χ0n) is 12.1. The Hall–Kier alpha value is -2.08. The fourth-order valence-corrected chi connectivity index (χ4v) is 1.67. The molecule has 0 saturated carbocycles. The molecule has 0 fully saturated rings. The number of likely N-dealkylation sites (N-methyl/N-ethyl adjacent to an activating group) is 2. The number of hydrogen-bond donors (Lipinski definition) is 2. The number of nitrogens with zero attached hydrogens (tertiary/aromatic N) is 1. The highest BCUT2D eigenvalue weighted by Crippen LogP contribution is 2.12. The van der Waals surface area contributed by atoms with E-state index in [1.807, 2.05) is 36.2 Å². The lowest BCUT2D eigenvalue weighted by molar-refractivity contribution is -0.126. The van der Waals surface area contributed by atoms with E-state index in [0.29, 0.717) is 6.54 Å². The van der Waals surface area contributed by atoms with Crippen LogP contribution in [-0.2, 0) is 16.1 Å². The van der Waals surface area contributed by atoms with Crippen LogP contribution in [0.25, 0.3) is 0 Å². The summed E-state index contributed by atoms with van der Waals surface area (Å²) in [6.45, 7) is 0.895. The molecule has 1 aromatic carbocycles. The molecule has 0 aromatic heterocycles. The minimum atomic E-state index is -0.212. The third kappa shape index (κ3) is 5.71. The molecule has 0 aliphatic heterocycles. The molecule has 0 spiro atoms. The largest absolute Gasteiger partial charge is 0.497 e. The van der Waals surface area contributed by atoms with E-state index in [4.69, 9.17) is 4.74 Å². The SMILES string of the molecule is CNC(=O)CNC(=O)CN(C)Cc1ccc(OC)cc1. The number of hydrogen-bond acceptors (Lipinski definition) is 4. The molecule has 2 amide bonds. The zero-order valence-corrected chi connectivity index (χ0v) is 12.1. The van der Waals surface area contributed by atoms with Crippen LogP contribution in [0.15, 0.2) is 24.3 Å². The van der Waals surface area contributed by atoms with Crippen LogP contribution in [0.3, 0.4) is 0 Å². The maximum atomic E-state index is 11.6. The number of nitrogens with one attached hydrogen (secondary N) is 2. The van der Waals surface area contributed by atoms with E-state index < -0.39 is 0 Å². The average Bonchev–Trinajstić information content (AvgIpc) is 2.45. The second kappa shape index (κ2) is 8.16. The van der Waals surface area contributed by atoms with Gasteiger partial charge in [0.1, 0.15) is 5.75 Å². The van der Waals surface area contributed by atoms with Gasteiger partial charge < -0.3 is 15.4 Å². The summed E-state index contributed by atoms with van der Waals surface area (Å²) in [5.41, 5.74) is 1.09. The average molecular weight is 279 g/mol. The maximum Gasteiger partial charge on any atom is 0.239 e. The molecule has 0 bridgehead atoms. The normalized spacial score (nSPS) is 10.2. The lowest BCUT2D eigenvalue weighted by Gasteiger charge is -2.16. The maximum absolute atomic E-state index is 11.6. The van der Waals surface area contributed by atoms with E-state index in [9.17, 15) is 9.59 Å². The second-order valence-corrected chi connectivity index (χ2v) is 4.47. The molecule has 2 N–H and O–H groups in total. The van der Waals surface area contributed by atoms with Crippen molar-refractivity contribution in [2.75, 3.05) is 34.3 Å². The number of rotatable bonds is 7. The van der Waals surface area contributed by atoms with Crippen LogP contribution in [0, 0.1) is 0 Å². The Morgan fingerprint density at radius 1 is 1.20 bits per heavy atom. The molecule has 0 aliphatic carbocycles. The van der Waals surface area contributed by atoms with Gasteiger partial charge in [0.2, 0.25) is 11.8 Å². The van der Waals surface area contributed by atoms with Gasteiger partial charge >= 0.3 is 0 Å². The molecule has 0 atom stereocenters. The molecule has 0 unspecified atom stereocenters. The molecule has 0 saturated heterocycles. The fourth-order valence-electron chi connectivity index (χ4n) is 1.67. The Morgan fingerprint density at radius 2 is 1.85 bits per heavy atom. The minimum Gasteiger partial charge on any atom is -0.497 e. The molecule has 6 nitrogen and oxygen atoms in total. The molecule has 0 radical (unpaired) electrons. The molecule has 6 heteroatoms. The van der Waals surface area contributed by atoms with Gasteiger partial charge in [-0.15, -0.1) is 0 Å². The number of amides is 2. The fraction of sp³-hybridized carbons (Fsp3) is 0.429. The number of methoxy groups -OCH3 is 1. The van der Waals surface area contributed by atoms with Crippen molar-refractivity contribution in [3.63, 3.8) is 0 Å². The van der Waals surface area contributed by atoms with Crippen LogP contribution in [-0.4, -0.2) is 51.0 Å². The molecule has 0 aliphatic rings. The zero-order chi connectivity index (χ0) is 15.0. The Labute approximate surface area is 119 Å². The summed E-state index contributed by atoms with van der Waals surface area (Å²) in [4.78, 5) is 24.5. The van der Waals surface area contributed by atoms with Crippen molar-refractivity contribution in [3.05, 3.63) is 29.8 Å². The first kappa shape index (κ1) is 16.0. The first-order valence-electron chi connectivity index (χ1n) is 6.34. The molecule has 110 valence electrons. The summed E-state index contributed by atoms with van der Waals surface area (Å²) in [6, 6.07) is 7.68. The summed E-state index contributed by atoms with van der Waals surface area (Å²) >= 11 is 0. The Bertz CT molecular complexity index is 445. The van der Waals surface area contributed by atoms with Gasteiger partial charge in [-0.25, -0.2) is 0 Å². The molecule has 1 aromatic rings. The summed E-state index contributed by atoms with van der Waals surface area (Å²) in [5, 5.41) is 5.00. The quantitative estimate of drug-likeness (QED) is 0.736. The lowest BCUT2D eigenvalue weighted by atomic mass is 10.2. The number of carbonyl (C=O) groups excluding carboxylic acids is 2. The van der Waals surface area contributed by atoms with Gasteiger partial charge in [0, 0.05) is 13.6 Å². The number of benzene rings is 1. The van der Waals surface area contributed by atoms with Crippen LogP contribution in [0.4, 0.5) is 0 Å². The first-order valence-corrected chi connectivity index (χ1v) is 6.34. The molecule has 1 rings (SSSR count). The van der Waals surface area contributed by atoms with Crippen molar-refractivity contribution in [3.8, 4) is 5.75 Å². The first-order chi connectivity index (χ1) is 9.55. The van der Waals surface area contributed by atoms with E-state index in [-0.39, 0.29) is 24.9 Å². The van der Waals surface area contributed by atoms with E-state index in [1.54, 1.807) is 7.11 Å².